The summed E-state index contributed by atoms with van der Waals surface area (Å²) in [5, 5.41) is 50.6. The van der Waals surface area contributed by atoms with Crippen molar-refractivity contribution in [2.24, 2.45) is 0 Å². The van der Waals surface area contributed by atoms with Crippen molar-refractivity contribution >= 4 is 10.8 Å². The van der Waals surface area contributed by atoms with Gasteiger partial charge < -0.3 is 35.0 Å². The van der Waals surface area contributed by atoms with E-state index in [1.165, 1.54) is 6.07 Å². The van der Waals surface area contributed by atoms with E-state index in [2.05, 4.69) is 0 Å². The lowest BCUT2D eigenvalue weighted by Gasteiger charge is -2.39. The van der Waals surface area contributed by atoms with Crippen LogP contribution in [-0.2, 0) is 4.74 Å². The summed E-state index contributed by atoms with van der Waals surface area (Å²) in [5.41, 5.74) is 1.57. The summed E-state index contributed by atoms with van der Waals surface area (Å²) < 4.78 is 11.2. The van der Waals surface area contributed by atoms with Crippen LogP contribution >= 0.6 is 0 Å². The Morgan fingerprint density at radius 1 is 1.00 bits per heavy atom. The standard InChI is InChI=1S/C18H22O7/c1-8-3-4-10-11(5-8)17(9(2)6-12(10)20)25-18-16(23)15(22)14(21)13(7-19)24-18/h3-6,13-16,18-23H,7H2,1-2H3/t13-,14-,15+,16-,18?/m1/s1. The molecule has 0 radical (unpaired) electrons. The number of hydrogen-bond acceptors (Lipinski definition) is 7. The van der Waals surface area contributed by atoms with Crippen molar-refractivity contribution in [1.82, 2.24) is 0 Å². The molecular formula is C18H22O7. The Hall–Kier alpha value is -1.90. The van der Waals surface area contributed by atoms with Crippen molar-refractivity contribution in [3.63, 3.8) is 0 Å². The van der Waals surface area contributed by atoms with E-state index in [0.29, 0.717) is 22.1 Å². The fraction of sp³-hybridized carbons (Fsp3) is 0.444. The third kappa shape index (κ3) is 3.17. The molecule has 5 atom stereocenters. The van der Waals surface area contributed by atoms with Gasteiger partial charge in [-0.15, -0.1) is 0 Å². The van der Waals surface area contributed by atoms with Gasteiger partial charge in [0.25, 0.3) is 0 Å². The molecule has 0 aliphatic carbocycles. The van der Waals surface area contributed by atoms with Gasteiger partial charge in [-0.05, 0) is 31.5 Å². The molecule has 1 aliphatic heterocycles. The van der Waals surface area contributed by atoms with Crippen LogP contribution in [0.1, 0.15) is 11.1 Å². The molecule has 1 heterocycles. The number of fused-ring (bicyclic) bond motifs is 1. The Morgan fingerprint density at radius 3 is 2.40 bits per heavy atom. The van der Waals surface area contributed by atoms with Gasteiger partial charge in [-0.25, -0.2) is 0 Å². The third-order valence-corrected chi connectivity index (χ3v) is 4.49. The molecule has 0 aromatic heterocycles. The molecule has 7 heteroatoms. The molecule has 25 heavy (non-hydrogen) atoms. The number of ether oxygens (including phenoxy) is 2. The van der Waals surface area contributed by atoms with Crippen LogP contribution < -0.4 is 4.74 Å². The Balaban J connectivity index is 2.01. The Kier molecular flexibility index (Phi) is 4.86. The minimum absolute atomic E-state index is 0.105. The number of phenols is 1. The van der Waals surface area contributed by atoms with Crippen LogP contribution in [-0.4, -0.2) is 62.8 Å². The van der Waals surface area contributed by atoms with E-state index < -0.39 is 37.3 Å². The van der Waals surface area contributed by atoms with E-state index in [1.807, 2.05) is 19.1 Å². The first-order chi connectivity index (χ1) is 11.8. The molecule has 136 valence electrons. The van der Waals surface area contributed by atoms with Gasteiger partial charge in [-0.3, -0.25) is 0 Å². The van der Waals surface area contributed by atoms with Gasteiger partial charge in [0.15, 0.2) is 0 Å². The first-order valence-electron chi connectivity index (χ1n) is 8.03. The molecule has 1 saturated heterocycles. The fourth-order valence-corrected chi connectivity index (χ4v) is 3.07. The Bertz CT molecular complexity index is 774. The maximum Gasteiger partial charge on any atom is 0.229 e. The molecule has 2 aromatic carbocycles. The first kappa shape index (κ1) is 17.9. The molecule has 5 N–H and O–H groups in total. The summed E-state index contributed by atoms with van der Waals surface area (Å²) >= 11 is 0. The average Bonchev–Trinajstić information content (AvgIpc) is 2.58. The van der Waals surface area contributed by atoms with Crippen molar-refractivity contribution in [2.45, 2.75) is 44.6 Å². The van der Waals surface area contributed by atoms with Crippen molar-refractivity contribution in [2.75, 3.05) is 6.61 Å². The Labute approximate surface area is 144 Å². The van der Waals surface area contributed by atoms with Crippen LogP contribution in [0.2, 0.25) is 0 Å². The quantitative estimate of drug-likeness (QED) is 0.541. The van der Waals surface area contributed by atoms with Gasteiger partial charge in [-0.1, -0.05) is 17.7 Å². The zero-order valence-electron chi connectivity index (χ0n) is 14.0. The summed E-state index contributed by atoms with van der Waals surface area (Å²) in [6.45, 7) is 3.11. The highest BCUT2D eigenvalue weighted by Gasteiger charge is 2.45. The molecule has 3 rings (SSSR count). The van der Waals surface area contributed by atoms with Crippen molar-refractivity contribution in [1.29, 1.82) is 0 Å². The predicted octanol–water partition coefficient (Wildman–Crippen LogP) is 0.341. The van der Waals surface area contributed by atoms with E-state index >= 15 is 0 Å². The molecule has 1 fully saturated rings. The third-order valence-electron chi connectivity index (χ3n) is 4.49. The minimum atomic E-state index is -1.51. The highest BCUT2D eigenvalue weighted by Crippen LogP contribution is 2.38. The predicted molar refractivity (Wildman–Crippen MR) is 89.5 cm³/mol. The summed E-state index contributed by atoms with van der Waals surface area (Å²) in [5.74, 6) is 0.495. The zero-order valence-corrected chi connectivity index (χ0v) is 14.0. The monoisotopic (exact) mass is 350 g/mol. The molecule has 2 aromatic rings. The van der Waals surface area contributed by atoms with Crippen LogP contribution in [0.15, 0.2) is 24.3 Å². The van der Waals surface area contributed by atoms with E-state index in [4.69, 9.17) is 9.47 Å². The molecule has 7 nitrogen and oxygen atoms in total. The topological polar surface area (TPSA) is 120 Å². The number of aromatic hydroxyl groups is 1. The summed E-state index contributed by atoms with van der Waals surface area (Å²) in [7, 11) is 0. The van der Waals surface area contributed by atoms with Crippen molar-refractivity contribution in [3.05, 3.63) is 35.4 Å². The first-order valence-corrected chi connectivity index (χ1v) is 8.03. The normalized spacial score (nSPS) is 29.8. The minimum Gasteiger partial charge on any atom is -0.507 e. The molecule has 0 bridgehead atoms. The summed E-state index contributed by atoms with van der Waals surface area (Å²) in [6.07, 6.45) is -6.77. The molecule has 0 amide bonds. The maximum atomic E-state index is 10.2. The number of aliphatic hydroxyl groups is 4. The van der Waals surface area contributed by atoms with E-state index in [1.54, 1.807) is 13.0 Å². The van der Waals surface area contributed by atoms with Crippen LogP contribution in [0.4, 0.5) is 0 Å². The number of aliphatic hydroxyl groups excluding tert-OH is 4. The molecule has 0 saturated carbocycles. The number of aryl methyl sites for hydroxylation is 2. The van der Waals surface area contributed by atoms with E-state index in [0.717, 1.165) is 5.56 Å². The van der Waals surface area contributed by atoms with Crippen molar-refractivity contribution < 1.29 is 35.0 Å². The highest BCUT2D eigenvalue weighted by molar-refractivity contribution is 5.94. The van der Waals surface area contributed by atoms with Crippen LogP contribution in [0.25, 0.3) is 10.8 Å². The average molecular weight is 350 g/mol. The van der Waals surface area contributed by atoms with Gasteiger partial charge in [0, 0.05) is 10.8 Å². The summed E-state index contributed by atoms with van der Waals surface area (Å²) in [4.78, 5) is 0. The number of rotatable bonds is 3. The van der Waals surface area contributed by atoms with Crippen molar-refractivity contribution in [3.8, 4) is 11.5 Å². The van der Waals surface area contributed by atoms with E-state index in [-0.39, 0.29) is 5.75 Å². The second-order valence-electron chi connectivity index (χ2n) is 6.41. The lowest BCUT2D eigenvalue weighted by molar-refractivity contribution is -0.277. The Morgan fingerprint density at radius 2 is 1.72 bits per heavy atom. The highest BCUT2D eigenvalue weighted by atomic mass is 16.7. The van der Waals surface area contributed by atoms with Gasteiger partial charge in [0.2, 0.25) is 6.29 Å². The molecule has 0 spiro atoms. The largest absolute Gasteiger partial charge is 0.507 e. The van der Waals surface area contributed by atoms with Gasteiger partial charge in [0.1, 0.15) is 35.9 Å². The van der Waals surface area contributed by atoms with Gasteiger partial charge in [-0.2, -0.15) is 0 Å². The van der Waals surface area contributed by atoms with Gasteiger partial charge >= 0.3 is 0 Å². The van der Waals surface area contributed by atoms with Crippen LogP contribution in [0.5, 0.6) is 11.5 Å². The summed E-state index contributed by atoms with van der Waals surface area (Å²) in [6, 6.07) is 6.99. The number of benzene rings is 2. The smallest absolute Gasteiger partial charge is 0.229 e. The lowest BCUT2D eigenvalue weighted by Crippen LogP contribution is -2.60. The molecular weight excluding hydrogens is 328 g/mol. The fourth-order valence-electron chi connectivity index (χ4n) is 3.07. The van der Waals surface area contributed by atoms with Crippen LogP contribution in [0.3, 0.4) is 0 Å². The lowest BCUT2D eigenvalue weighted by atomic mass is 9.99. The van der Waals surface area contributed by atoms with Gasteiger partial charge in [0.05, 0.1) is 6.61 Å². The number of hydrogen-bond donors (Lipinski definition) is 5. The molecule has 1 aliphatic rings. The number of phenolic OH excluding ortho intramolecular Hbond substituents is 1. The molecule has 1 unspecified atom stereocenters. The second kappa shape index (κ2) is 6.78. The van der Waals surface area contributed by atoms with Crippen LogP contribution in [0, 0.1) is 13.8 Å². The maximum absolute atomic E-state index is 10.2. The zero-order chi connectivity index (χ0) is 18.3. The second-order valence-corrected chi connectivity index (χ2v) is 6.41. The SMILES string of the molecule is Cc1ccc2c(O)cc(C)c(OC3O[C@H](CO)[C@@H](O)[C@H](O)[C@H]3O)c2c1. The van der Waals surface area contributed by atoms with E-state index in [9.17, 15) is 25.5 Å².